The number of nitrogens with zero attached hydrogens (tertiary/aromatic N) is 3. The third-order valence-corrected chi connectivity index (χ3v) is 5.24. The van der Waals surface area contributed by atoms with Gasteiger partial charge in [-0.05, 0) is 55.3 Å². The van der Waals surface area contributed by atoms with E-state index in [1.807, 2.05) is 44.2 Å². The first-order chi connectivity index (χ1) is 14.9. The molecule has 0 radical (unpaired) electrons. The van der Waals surface area contributed by atoms with Gasteiger partial charge in [-0.15, -0.1) is 0 Å². The minimum atomic E-state index is -0.295. The fourth-order valence-electron chi connectivity index (χ4n) is 3.49. The van der Waals surface area contributed by atoms with Crippen molar-refractivity contribution in [2.45, 2.75) is 13.8 Å². The number of anilines is 1. The molecule has 0 saturated carbocycles. The summed E-state index contributed by atoms with van der Waals surface area (Å²) in [5, 5.41) is 3.75. The summed E-state index contributed by atoms with van der Waals surface area (Å²) in [6.07, 6.45) is 3.22. The maximum absolute atomic E-state index is 13.1. The van der Waals surface area contributed by atoms with E-state index in [9.17, 15) is 9.59 Å². The summed E-state index contributed by atoms with van der Waals surface area (Å²) >= 11 is 0. The Labute approximate surface area is 179 Å². The molecule has 0 aliphatic heterocycles. The Morgan fingerprint density at radius 2 is 1.81 bits per heavy atom. The second-order valence-corrected chi connectivity index (χ2v) is 7.38. The Morgan fingerprint density at radius 1 is 1.00 bits per heavy atom. The molecule has 4 aromatic rings. The number of methoxy groups -OCH3 is 1. The molecule has 0 bridgehead atoms. The molecular formula is C24H22N4O3. The summed E-state index contributed by atoms with van der Waals surface area (Å²) < 4.78 is 6.66. The number of benzene rings is 1. The highest BCUT2D eigenvalue weighted by atomic mass is 16.5. The lowest BCUT2D eigenvalue weighted by Gasteiger charge is -2.13. The van der Waals surface area contributed by atoms with Gasteiger partial charge in [-0.2, -0.15) is 0 Å². The van der Waals surface area contributed by atoms with Gasteiger partial charge in [-0.3, -0.25) is 14.6 Å². The van der Waals surface area contributed by atoms with Crippen molar-refractivity contribution in [3.8, 4) is 17.0 Å². The predicted molar refractivity (Wildman–Crippen MR) is 121 cm³/mol. The van der Waals surface area contributed by atoms with Gasteiger partial charge in [-0.1, -0.05) is 6.07 Å². The predicted octanol–water partition coefficient (Wildman–Crippen LogP) is 3.87. The van der Waals surface area contributed by atoms with Crippen LogP contribution in [0.2, 0.25) is 0 Å². The summed E-state index contributed by atoms with van der Waals surface area (Å²) in [5.74, 6) is 0.141. The van der Waals surface area contributed by atoms with Gasteiger partial charge >= 0.3 is 0 Å². The zero-order valence-corrected chi connectivity index (χ0v) is 17.8. The van der Waals surface area contributed by atoms with Crippen molar-refractivity contribution in [2.75, 3.05) is 12.4 Å². The highest BCUT2D eigenvalue weighted by Gasteiger charge is 2.14. The van der Waals surface area contributed by atoms with E-state index in [0.29, 0.717) is 22.7 Å². The van der Waals surface area contributed by atoms with Crippen LogP contribution in [0.5, 0.6) is 5.88 Å². The van der Waals surface area contributed by atoms with Crippen LogP contribution < -0.4 is 15.6 Å². The monoisotopic (exact) mass is 414 g/mol. The average molecular weight is 414 g/mol. The quantitative estimate of drug-likeness (QED) is 0.548. The Morgan fingerprint density at radius 3 is 2.52 bits per heavy atom. The maximum Gasteiger partial charge on any atom is 0.258 e. The van der Waals surface area contributed by atoms with E-state index in [-0.39, 0.29) is 11.5 Å². The number of aromatic nitrogens is 3. The van der Waals surface area contributed by atoms with Crippen LogP contribution in [0.4, 0.5) is 5.69 Å². The molecule has 0 atom stereocenters. The third-order valence-electron chi connectivity index (χ3n) is 5.24. The van der Waals surface area contributed by atoms with Crippen LogP contribution >= 0.6 is 0 Å². The molecule has 1 aromatic carbocycles. The van der Waals surface area contributed by atoms with Crippen LogP contribution in [0, 0.1) is 13.8 Å². The van der Waals surface area contributed by atoms with Gasteiger partial charge in [0, 0.05) is 47.8 Å². The first-order valence-electron chi connectivity index (χ1n) is 9.76. The number of hydrogen-bond donors (Lipinski definition) is 1. The zero-order chi connectivity index (χ0) is 22.1. The lowest BCUT2D eigenvalue weighted by molar-refractivity contribution is 0.102. The molecule has 7 heteroatoms. The summed E-state index contributed by atoms with van der Waals surface area (Å²) in [6.45, 7) is 3.83. The van der Waals surface area contributed by atoms with Gasteiger partial charge in [0.2, 0.25) is 5.88 Å². The molecule has 1 N–H and O–H groups in total. The minimum absolute atomic E-state index is 0.107. The lowest BCUT2D eigenvalue weighted by atomic mass is 9.99. The Kier molecular flexibility index (Phi) is 5.25. The fourth-order valence-corrected chi connectivity index (χ4v) is 3.49. The van der Waals surface area contributed by atoms with Crippen molar-refractivity contribution >= 4 is 22.5 Å². The van der Waals surface area contributed by atoms with E-state index in [0.717, 1.165) is 27.7 Å². The number of hydrogen-bond acceptors (Lipinski definition) is 5. The SMILES string of the molecule is COc1ccc(C(=O)Nc2ccc(C)c(-c3cc4cnc(C)cc4n(C)c3=O)c2)cn1. The van der Waals surface area contributed by atoms with Gasteiger partial charge < -0.3 is 14.6 Å². The second-order valence-electron chi connectivity index (χ2n) is 7.38. The molecular weight excluding hydrogens is 392 g/mol. The molecule has 31 heavy (non-hydrogen) atoms. The molecule has 0 aliphatic carbocycles. The molecule has 3 heterocycles. The molecule has 0 unspecified atom stereocenters. The fraction of sp³-hybridized carbons (Fsp3) is 0.167. The van der Waals surface area contributed by atoms with Crippen LogP contribution in [0.25, 0.3) is 22.0 Å². The van der Waals surface area contributed by atoms with Crippen LogP contribution in [0.3, 0.4) is 0 Å². The summed E-state index contributed by atoms with van der Waals surface area (Å²) in [4.78, 5) is 34.1. The summed E-state index contributed by atoms with van der Waals surface area (Å²) in [7, 11) is 3.27. The van der Waals surface area contributed by atoms with Crippen LogP contribution in [-0.2, 0) is 7.05 Å². The Hall–Kier alpha value is -4.00. The molecule has 1 amide bonds. The van der Waals surface area contributed by atoms with Gasteiger partial charge in [0.15, 0.2) is 0 Å². The number of carbonyl (C=O) groups is 1. The maximum atomic E-state index is 13.1. The molecule has 0 aliphatic rings. The zero-order valence-electron chi connectivity index (χ0n) is 17.8. The minimum Gasteiger partial charge on any atom is -0.481 e. The average Bonchev–Trinajstić information content (AvgIpc) is 2.78. The highest BCUT2D eigenvalue weighted by molar-refractivity contribution is 6.04. The number of rotatable bonds is 4. The van der Waals surface area contributed by atoms with E-state index in [2.05, 4.69) is 15.3 Å². The van der Waals surface area contributed by atoms with E-state index in [4.69, 9.17) is 4.74 Å². The molecule has 7 nitrogen and oxygen atoms in total. The van der Waals surface area contributed by atoms with Gasteiger partial charge in [0.25, 0.3) is 11.5 Å². The Bertz CT molecular complexity index is 1360. The van der Waals surface area contributed by atoms with Crippen molar-refractivity contribution in [3.63, 3.8) is 0 Å². The standard InChI is InChI=1S/C24H22N4O3/c1-14-5-7-18(27-23(29)16-6-8-22(31-4)26-12-16)11-19(14)20-10-17-13-25-15(2)9-21(17)28(3)24(20)30/h5-13H,1-4H3,(H,27,29). The van der Waals surface area contributed by atoms with Crippen LogP contribution in [0.15, 0.2) is 59.7 Å². The van der Waals surface area contributed by atoms with Crippen molar-refractivity contribution in [3.05, 3.63) is 82.0 Å². The molecule has 4 rings (SSSR count). The van der Waals surface area contributed by atoms with Gasteiger partial charge in [0.1, 0.15) is 0 Å². The first-order valence-corrected chi connectivity index (χ1v) is 9.76. The molecule has 0 fully saturated rings. The topological polar surface area (TPSA) is 86.1 Å². The van der Waals surface area contributed by atoms with Crippen LogP contribution in [-0.4, -0.2) is 27.6 Å². The Balaban J connectivity index is 1.73. The summed E-state index contributed by atoms with van der Waals surface area (Å²) in [5.41, 5.74) is 4.81. The van der Waals surface area contributed by atoms with Crippen molar-refractivity contribution in [1.29, 1.82) is 0 Å². The van der Waals surface area contributed by atoms with E-state index >= 15 is 0 Å². The molecule has 3 aromatic heterocycles. The number of nitrogens with one attached hydrogen (secondary N) is 1. The molecule has 156 valence electrons. The number of amides is 1. The normalized spacial score (nSPS) is 10.8. The van der Waals surface area contributed by atoms with Gasteiger partial charge in [0.05, 0.1) is 18.2 Å². The number of pyridine rings is 3. The summed E-state index contributed by atoms with van der Waals surface area (Å²) in [6, 6.07) is 12.5. The van der Waals surface area contributed by atoms with Gasteiger partial charge in [-0.25, -0.2) is 4.98 Å². The molecule has 0 saturated heterocycles. The second kappa shape index (κ2) is 8.02. The first kappa shape index (κ1) is 20.3. The van der Waals surface area contributed by atoms with E-state index < -0.39 is 0 Å². The third kappa shape index (κ3) is 3.90. The number of aryl methyl sites for hydroxylation is 3. The smallest absolute Gasteiger partial charge is 0.258 e. The van der Waals surface area contributed by atoms with E-state index in [1.54, 1.807) is 29.9 Å². The van der Waals surface area contributed by atoms with Crippen molar-refractivity contribution in [1.82, 2.24) is 14.5 Å². The van der Waals surface area contributed by atoms with E-state index in [1.165, 1.54) is 13.3 Å². The highest BCUT2D eigenvalue weighted by Crippen LogP contribution is 2.27. The number of fused-ring (bicyclic) bond motifs is 1. The van der Waals surface area contributed by atoms with Crippen molar-refractivity contribution < 1.29 is 9.53 Å². The number of ether oxygens (including phenoxy) is 1. The van der Waals surface area contributed by atoms with Crippen molar-refractivity contribution in [2.24, 2.45) is 7.05 Å². The van der Waals surface area contributed by atoms with Crippen LogP contribution in [0.1, 0.15) is 21.6 Å². The lowest BCUT2D eigenvalue weighted by Crippen LogP contribution is -2.19. The number of carbonyl (C=O) groups excluding carboxylic acids is 1. The molecule has 0 spiro atoms. The largest absolute Gasteiger partial charge is 0.481 e.